The van der Waals surface area contributed by atoms with Gasteiger partial charge in [-0.25, -0.2) is 0 Å². The summed E-state index contributed by atoms with van der Waals surface area (Å²) < 4.78 is 17.1. The Balaban J connectivity index is 1.14. The van der Waals surface area contributed by atoms with Crippen LogP contribution in [0.25, 0.3) is 6.08 Å². The second-order valence-corrected chi connectivity index (χ2v) is 10.9. The largest absolute Gasteiger partial charge is 0.507 e. The molecule has 0 unspecified atom stereocenters. The van der Waals surface area contributed by atoms with E-state index in [1.807, 2.05) is 25.1 Å². The van der Waals surface area contributed by atoms with Gasteiger partial charge in [-0.1, -0.05) is 44.2 Å². The number of carbonyl (C=O) groups excluding carboxylic acids is 1. The van der Waals surface area contributed by atoms with Gasteiger partial charge in [0.1, 0.15) is 11.5 Å². The molecule has 3 aliphatic rings. The number of ketones is 1. The Morgan fingerprint density at radius 3 is 2.33 bits per heavy atom. The number of Topliss-reactive ketones (excluding diaryl/α,β-unsaturated/α-hetero) is 1. The van der Waals surface area contributed by atoms with Gasteiger partial charge in [-0.3, -0.25) is 14.6 Å². The highest BCUT2D eigenvalue weighted by Gasteiger charge is 2.34. The second kappa shape index (κ2) is 10.4. The molecule has 1 saturated heterocycles. The van der Waals surface area contributed by atoms with Crippen molar-refractivity contribution in [2.75, 3.05) is 33.0 Å². The van der Waals surface area contributed by atoms with E-state index in [1.165, 1.54) is 11.1 Å². The number of phenolic OH excluding ortho intramolecular Hbond substituents is 1. The van der Waals surface area contributed by atoms with Crippen LogP contribution in [0.1, 0.15) is 57.9 Å². The Labute approximate surface area is 229 Å². The zero-order valence-electron chi connectivity index (χ0n) is 22.7. The third kappa shape index (κ3) is 5.12. The van der Waals surface area contributed by atoms with E-state index in [-0.39, 0.29) is 18.3 Å². The van der Waals surface area contributed by atoms with Gasteiger partial charge in [0.15, 0.2) is 17.3 Å². The van der Waals surface area contributed by atoms with Crippen LogP contribution in [0.5, 0.6) is 23.0 Å². The minimum atomic E-state index is -0.134. The maximum atomic E-state index is 13.3. The number of aromatic hydroxyl groups is 1. The molecule has 0 atom stereocenters. The van der Waals surface area contributed by atoms with Gasteiger partial charge in [-0.15, -0.1) is 0 Å². The zero-order chi connectivity index (χ0) is 27.1. The number of phenols is 1. The van der Waals surface area contributed by atoms with E-state index in [1.54, 1.807) is 12.1 Å². The number of carbonyl (C=O) groups is 1. The maximum Gasteiger partial charge on any atom is 0.232 e. The Hall–Kier alpha value is -3.81. The number of hydrogen-bond donors (Lipinski definition) is 1. The molecule has 1 fully saturated rings. The SMILES string of the molecule is Cc1cc(O)c(CN2CCN(Cc3ccc4c(c3)OCO4)CC2)c2c1C(=O)/C(=C/c1ccc(C(C)C)cc1)O2. The van der Waals surface area contributed by atoms with Gasteiger partial charge in [-0.05, 0) is 59.4 Å². The van der Waals surface area contributed by atoms with E-state index in [2.05, 4.69) is 47.9 Å². The van der Waals surface area contributed by atoms with Crippen LogP contribution in [-0.2, 0) is 13.1 Å². The van der Waals surface area contributed by atoms with Gasteiger partial charge in [0.2, 0.25) is 12.6 Å². The molecule has 3 aliphatic heterocycles. The van der Waals surface area contributed by atoms with Crippen molar-refractivity contribution in [3.63, 3.8) is 0 Å². The molecule has 0 radical (unpaired) electrons. The topological polar surface area (TPSA) is 71.5 Å². The third-order valence-electron chi connectivity index (χ3n) is 7.81. The Morgan fingerprint density at radius 1 is 0.923 bits per heavy atom. The second-order valence-electron chi connectivity index (χ2n) is 10.9. The highest BCUT2D eigenvalue weighted by atomic mass is 16.7. The lowest BCUT2D eigenvalue weighted by atomic mass is 9.98. The van der Waals surface area contributed by atoms with Crippen LogP contribution in [0.2, 0.25) is 0 Å². The van der Waals surface area contributed by atoms with E-state index in [0.29, 0.717) is 35.1 Å². The number of ether oxygens (including phenoxy) is 3. The minimum absolute atomic E-state index is 0.134. The first-order valence-electron chi connectivity index (χ1n) is 13.6. The Morgan fingerprint density at radius 2 is 1.62 bits per heavy atom. The number of nitrogens with zero attached hydrogens (tertiary/aromatic N) is 2. The summed E-state index contributed by atoms with van der Waals surface area (Å²) in [5.41, 5.74) is 5.31. The van der Waals surface area contributed by atoms with Crippen LogP contribution in [-0.4, -0.2) is 53.7 Å². The maximum absolute atomic E-state index is 13.3. The molecule has 39 heavy (non-hydrogen) atoms. The van der Waals surface area contributed by atoms with Crippen LogP contribution in [0.4, 0.5) is 0 Å². The van der Waals surface area contributed by atoms with E-state index >= 15 is 0 Å². The van der Waals surface area contributed by atoms with Crippen molar-refractivity contribution < 1.29 is 24.1 Å². The van der Waals surface area contributed by atoms with Crippen LogP contribution < -0.4 is 14.2 Å². The molecule has 1 N–H and O–H groups in total. The first-order valence-corrected chi connectivity index (χ1v) is 13.6. The minimum Gasteiger partial charge on any atom is -0.507 e. The van der Waals surface area contributed by atoms with Crippen molar-refractivity contribution >= 4 is 11.9 Å². The molecule has 3 aromatic carbocycles. The molecule has 7 nitrogen and oxygen atoms in total. The predicted octanol–water partition coefficient (Wildman–Crippen LogP) is 5.49. The lowest BCUT2D eigenvalue weighted by molar-refractivity contribution is 0.101. The number of benzene rings is 3. The summed E-state index contributed by atoms with van der Waals surface area (Å²) in [5.74, 6) is 2.88. The van der Waals surface area contributed by atoms with Gasteiger partial charge >= 0.3 is 0 Å². The molecule has 0 spiro atoms. The monoisotopic (exact) mass is 526 g/mol. The zero-order valence-corrected chi connectivity index (χ0v) is 22.7. The van der Waals surface area contributed by atoms with Crippen LogP contribution in [0, 0.1) is 6.92 Å². The van der Waals surface area contributed by atoms with Gasteiger partial charge < -0.3 is 19.3 Å². The summed E-state index contributed by atoms with van der Waals surface area (Å²) in [6.07, 6.45) is 1.79. The molecule has 0 aromatic heterocycles. The number of piperazine rings is 1. The average molecular weight is 527 g/mol. The standard InChI is InChI=1S/C32H34N2O5/c1-20(2)24-7-4-22(5-8-24)15-29-31(36)30-21(3)14-26(35)25(32(30)39-29)18-34-12-10-33(11-13-34)17-23-6-9-27-28(16-23)38-19-37-27/h4-9,14-16,20,35H,10-13,17-19H2,1-3H3/b29-15-. The molecular weight excluding hydrogens is 492 g/mol. The lowest BCUT2D eigenvalue weighted by Gasteiger charge is -2.35. The Kier molecular flexibility index (Phi) is 6.79. The summed E-state index contributed by atoms with van der Waals surface area (Å²) in [4.78, 5) is 18.1. The lowest BCUT2D eigenvalue weighted by Crippen LogP contribution is -2.45. The fourth-order valence-corrected chi connectivity index (χ4v) is 5.49. The summed E-state index contributed by atoms with van der Waals surface area (Å²) in [5, 5.41) is 10.9. The molecule has 0 saturated carbocycles. The van der Waals surface area contributed by atoms with Crippen LogP contribution in [0.15, 0.2) is 54.3 Å². The molecule has 3 aromatic rings. The van der Waals surface area contributed by atoms with Gasteiger partial charge in [-0.2, -0.15) is 0 Å². The molecule has 6 rings (SSSR count). The van der Waals surface area contributed by atoms with Crippen molar-refractivity contribution in [1.29, 1.82) is 0 Å². The summed E-state index contributed by atoms with van der Waals surface area (Å²) in [6.45, 7) is 11.3. The fraction of sp³-hybridized carbons (Fsp3) is 0.344. The summed E-state index contributed by atoms with van der Waals surface area (Å²) in [7, 11) is 0. The first kappa shape index (κ1) is 25.5. The quantitative estimate of drug-likeness (QED) is 0.426. The highest BCUT2D eigenvalue weighted by molar-refractivity contribution is 6.15. The normalized spacial score (nSPS) is 18.2. The molecular formula is C32H34N2O5. The van der Waals surface area contributed by atoms with Gasteiger partial charge in [0, 0.05) is 39.3 Å². The fourth-order valence-electron chi connectivity index (χ4n) is 5.49. The molecule has 0 amide bonds. The van der Waals surface area contributed by atoms with Crippen LogP contribution in [0.3, 0.4) is 0 Å². The molecule has 3 heterocycles. The summed E-state index contributed by atoms with van der Waals surface area (Å²) >= 11 is 0. The first-order chi connectivity index (χ1) is 18.9. The number of aryl methyl sites for hydroxylation is 1. The van der Waals surface area contributed by atoms with Crippen molar-refractivity contribution in [3.8, 4) is 23.0 Å². The van der Waals surface area contributed by atoms with Crippen molar-refractivity contribution in [2.45, 2.75) is 39.8 Å². The number of rotatable bonds is 6. The van der Waals surface area contributed by atoms with Crippen molar-refractivity contribution in [2.24, 2.45) is 0 Å². The summed E-state index contributed by atoms with van der Waals surface area (Å²) in [6, 6.07) is 16.0. The van der Waals surface area contributed by atoms with Crippen LogP contribution >= 0.6 is 0 Å². The highest BCUT2D eigenvalue weighted by Crippen LogP contribution is 2.42. The third-order valence-corrected chi connectivity index (χ3v) is 7.81. The molecule has 0 aliphatic carbocycles. The number of allylic oxidation sites excluding steroid dienone is 1. The van der Waals surface area contributed by atoms with Crippen molar-refractivity contribution in [1.82, 2.24) is 9.80 Å². The van der Waals surface area contributed by atoms with E-state index in [9.17, 15) is 9.90 Å². The molecule has 0 bridgehead atoms. The van der Waals surface area contributed by atoms with Gasteiger partial charge in [0.25, 0.3) is 0 Å². The average Bonchev–Trinajstić information content (AvgIpc) is 3.52. The predicted molar refractivity (Wildman–Crippen MR) is 149 cm³/mol. The van der Waals surface area contributed by atoms with E-state index in [4.69, 9.17) is 14.2 Å². The van der Waals surface area contributed by atoms with Gasteiger partial charge in [0.05, 0.1) is 11.1 Å². The number of fused-ring (bicyclic) bond motifs is 2. The smallest absolute Gasteiger partial charge is 0.232 e. The van der Waals surface area contributed by atoms with Crippen molar-refractivity contribution in [3.05, 3.63) is 87.7 Å². The van der Waals surface area contributed by atoms with E-state index in [0.717, 1.165) is 55.3 Å². The molecule has 7 heteroatoms. The number of hydrogen-bond acceptors (Lipinski definition) is 7. The Bertz CT molecular complexity index is 1440. The molecule has 202 valence electrons. The van der Waals surface area contributed by atoms with E-state index < -0.39 is 0 Å².